The predicted octanol–water partition coefficient (Wildman–Crippen LogP) is 15.2. The molecule has 3 nitrogen and oxygen atoms in total. The number of benzene rings is 9. The second kappa shape index (κ2) is 16.2. The van der Waals surface area contributed by atoms with Crippen LogP contribution in [0.15, 0.2) is 218 Å². The van der Waals surface area contributed by atoms with E-state index >= 15 is 0 Å². The molecule has 0 unspecified atom stereocenters. The van der Waals surface area contributed by atoms with Crippen LogP contribution in [-0.4, -0.2) is 6.71 Å². The van der Waals surface area contributed by atoms with Gasteiger partial charge in [0.15, 0.2) is 0 Å². The molecular weight excluding hydrogens is 798 g/mol. The topological polar surface area (TPSA) is 9.72 Å². The molecule has 0 radical (unpaired) electrons. The summed E-state index contributed by atoms with van der Waals surface area (Å²) >= 11 is 0. The van der Waals surface area contributed by atoms with Crippen LogP contribution in [-0.2, 0) is 10.8 Å². The Morgan fingerprint density at radius 1 is 0.364 bits per heavy atom. The number of para-hydroxylation sites is 4. The Bertz CT molecular complexity index is 3110. The van der Waals surface area contributed by atoms with Crippen molar-refractivity contribution >= 4 is 74.3 Å². The van der Waals surface area contributed by atoms with Crippen LogP contribution in [0.2, 0.25) is 0 Å². The van der Waals surface area contributed by atoms with Crippen molar-refractivity contribution in [3.05, 3.63) is 230 Å². The van der Waals surface area contributed by atoms with E-state index in [9.17, 15) is 0 Å². The van der Waals surface area contributed by atoms with Crippen molar-refractivity contribution < 1.29 is 0 Å². The van der Waals surface area contributed by atoms with Gasteiger partial charge in [0.25, 0.3) is 6.71 Å². The van der Waals surface area contributed by atoms with Gasteiger partial charge in [0.2, 0.25) is 0 Å². The summed E-state index contributed by atoms with van der Waals surface area (Å²) in [6.07, 6.45) is 0. The maximum atomic E-state index is 2.64. The SMILES string of the molecule is CC(C)(C)c1ccc2c(c1)N(c1ccccc1)c1cc(N(c3ccccc3)c3ccccc3)cc3c1B2c1ccc(C(C)(C)C)cc1N3c1c(-c2ccccc2)cccc1-c1ccccc1. The van der Waals surface area contributed by atoms with Gasteiger partial charge in [-0.05, 0) is 110 Å². The number of rotatable bonds is 7. The molecule has 2 aliphatic rings. The Morgan fingerprint density at radius 3 is 1.23 bits per heavy atom. The Kier molecular flexibility index (Phi) is 10.1. The standard InChI is InChI=1S/C62H54BN3/c1-61(2,3)45-35-37-53-55(39-45)65(49-31-20-11-21-32-49)57-41-50(64(47-27-16-9-17-28-47)48-29-18-10-19-30-48)42-58-59(57)63(53)54-38-36-46(62(4,5)6)40-56(54)66(58)60-51(43-23-12-7-13-24-43)33-22-34-52(60)44-25-14-8-15-26-44/h7-42H,1-6H3. The number of hydrogen-bond donors (Lipinski definition) is 0. The highest BCUT2D eigenvalue weighted by Crippen LogP contribution is 2.52. The van der Waals surface area contributed by atoms with Crippen LogP contribution >= 0.6 is 0 Å². The van der Waals surface area contributed by atoms with E-state index in [0.29, 0.717) is 0 Å². The monoisotopic (exact) mass is 851 g/mol. The molecule has 9 aromatic rings. The molecule has 11 rings (SSSR count). The largest absolute Gasteiger partial charge is 0.311 e. The van der Waals surface area contributed by atoms with Gasteiger partial charge in [-0.1, -0.05) is 199 Å². The van der Waals surface area contributed by atoms with Crippen LogP contribution in [0.4, 0.5) is 51.2 Å². The highest BCUT2D eigenvalue weighted by atomic mass is 15.2. The molecule has 4 heteroatoms. The molecule has 0 atom stereocenters. The van der Waals surface area contributed by atoms with Gasteiger partial charge < -0.3 is 14.7 Å². The molecule has 0 aliphatic carbocycles. The molecule has 0 aromatic heterocycles. The third kappa shape index (κ3) is 7.09. The summed E-state index contributed by atoms with van der Waals surface area (Å²) in [6, 6.07) is 80.9. The van der Waals surface area contributed by atoms with Crippen molar-refractivity contribution in [2.75, 3.05) is 14.7 Å². The summed E-state index contributed by atoms with van der Waals surface area (Å²) < 4.78 is 0. The van der Waals surface area contributed by atoms with Gasteiger partial charge in [0.1, 0.15) is 0 Å². The van der Waals surface area contributed by atoms with Crippen LogP contribution in [0.3, 0.4) is 0 Å². The van der Waals surface area contributed by atoms with Gasteiger partial charge in [0.05, 0.1) is 11.4 Å². The van der Waals surface area contributed by atoms with Crippen LogP contribution in [0.25, 0.3) is 22.3 Å². The maximum Gasteiger partial charge on any atom is 0.252 e. The lowest BCUT2D eigenvalue weighted by molar-refractivity contribution is 0.590. The summed E-state index contributed by atoms with van der Waals surface area (Å²) in [4.78, 5) is 7.61. The first-order chi connectivity index (χ1) is 32.0. The van der Waals surface area contributed by atoms with Crippen LogP contribution in [0.1, 0.15) is 52.7 Å². The summed E-state index contributed by atoms with van der Waals surface area (Å²) in [5.41, 5.74) is 21.4. The Labute approximate surface area is 391 Å². The number of fused-ring (bicyclic) bond motifs is 4. The minimum atomic E-state index is -0.0944. The zero-order valence-corrected chi connectivity index (χ0v) is 38.7. The lowest BCUT2D eigenvalue weighted by Crippen LogP contribution is -2.61. The van der Waals surface area contributed by atoms with Crippen LogP contribution < -0.4 is 31.1 Å². The van der Waals surface area contributed by atoms with Gasteiger partial charge in [-0.15, -0.1) is 0 Å². The van der Waals surface area contributed by atoms with E-state index < -0.39 is 0 Å². The van der Waals surface area contributed by atoms with E-state index in [1.165, 1.54) is 66.8 Å². The molecule has 2 heterocycles. The van der Waals surface area contributed by atoms with Gasteiger partial charge in [-0.3, -0.25) is 0 Å². The average molecular weight is 852 g/mol. The summed E-state index contributed by atoms with van der Waals surface area (Å²) in [6.45, 7) is 13.9. The smallest absolute Gasteiger partial charge is 0.252 e. The number of anilines is 9. The molecule has 0 saturated carbocycles. The molecule has 9 aromatic carbocycles. The molecular formula is C62H54BN3. The minimum Gasteiger partial charge on any atom is -0.311 e. The average Bonchev–Trinajstić information content (AvgIpc) is 3.34. The van der Waals surface area contributed by atoms with Gasteiger partial charge >= 0.3 is 0 Å². The molecule has 0 fully saturated rings. The third-order valence-electron chi connectivity index (χ3n) is 13.5. The fourth-order valence-electron chi connectivity index (χ4n) is 10.2. The first-order valence-electron chi connectivity index (χ1n) is 23.3. The molecule has 0 N–H and O–H groups in total. The summed E-state index contributed by atoms with van der Waals surface area (Å²) in [5.74, 6) is 0. The van der Waals surface area contributed by atoms with E-state index in [1.54, 1.807) is 0 Å². The predicted molar refractivity (Wildman–Crippen MR) is 283 cm³/mol. The zero-order valence-electron chi connectivity index (χ0n) is 38.7. The summed E-state index contributed by atoms with van der Waals surface area (Å²) in [5, 5.41) is 0. The summed E-state index contributed by atoms with van der Waals surface area (Å²) in [7, 11) is 0. The first-order valence-corrected chi connectivity index (χ1v) is 23.3. The Balaban J connectivity index is 1.33. The van der Waals surface area contributed by atoms with Crippen LogP contribution in [0, 0.1) is 0 Å². The maximum absolute atomic E-state index is 2.64. The van der Waals surface area contributed by atoms with E-state index in [0.717, 1.165) is 34.1 Å². The van der Waals surface area contributed by atoms with Crippen molar-refractivity contribution in [3.8, 4) is 22.3 Å². The Hall–Kier alpha value is -7.56. The molecule has 0 amide bonds. The van der Waals surface area contributed by atoms with Crippen molar-refractivity contribution in [3.63, 3.8) is 0 Å². The molecule has 66 heavy (non-hydrogen) atoms. The van der Waals surface area contributed by atoms with Crippen LogP contribution in [0.5, 0.6) is 0 Å². The van der Waals surface area contributed by atoms with Crippen molar-refractivity contribution in [1.29, 1.82) is 0 Å². The lowest BCUT2D eigenvalue weighted by atomic mass is 9.33. The molecule has 320 valence electrons. The zero-order chi connectivity index (χ0) is 45.2. The molecule has 2 aliphatic heterocycles. The quantitative estimate of drug-likeness (QED) is 0.148. The van der Waals surface area contributed by atoms with Gasteiger partial charge in [0, 0.05) is 50.9 Å². The van der Waals surface area contributed by atoms with Gasteiger partial charge in [-0.2, -0.15) is 0 Å². The fourth-order valence-corrected chi connectivity index (χ4v) is 10.2. The third-order valence-corrected chi connectivity index (χ3v) is 13.5. The lowest BCUT2D eigenvalue weighted by Gasteiger charge is -2.46. The van der Waals surface area contributed by atoms with Gasteiger partial charge in [-0.25, -0.2) is 0 Å². The first kappa shape index (κ1) is 41.2. The molecule has 0 saturated heterocycles. The van der Waals surface area contributed by atoms with E-state index in [4.69, 9.17) is 0 Å². The second-order valence-electron chi connectivity index (χ2n) is 19.8. The minimum absolute atomic E-state index is 0.0423. The highest BCUT2D eigenvalue weighted by Gasteiger charge is 2.45. The fraction of sp³-hybridized carbons (Fsp3) is 0.129. The van der Waals surface area contributed by atoms with E-state index in [2.05, 4.69) is 275 Å². The van der Waals surface area contributed by atoms with Crippen molar-refractivity contribution in [2.24, 2.45) is 0 Å². The van der Waals surface area contributed by atoms with E-state index in [1.807, 2.05) is 0 Å². The van der Waals surface area contributed by atoms with Crippen molar-refractivity contribution in [1.82, 2.24) is 0 Å². The van der Waals surface area contributed by atoms with E-state index in [-0.39, 0.29) is 17.5 Å². The molecule has 0 bridgehead atoms. The Morgan fingerprint density at radius 2 is 0.773 bits per heavy atom. The highest BCUT2D eigenvalue weighted by molar-refractivity contribution is 7.00. The molecule has 0 spiro atoms. The number of nitrogens with zero attached hydrogens (tertiary/aromatic N) is 3. The second-order valence-corrected chi connectivity index (χ2v) is 19.8. The van der Waals surface area contributed by atoms with Crippen molar-refractivity contribution in [2.45, 2.75) is 52.4 Å². The number of hydrogen-bond acceptors (Lipinski definition) is 3. The normalized spacial score (nSPS) is 12.9.